The van der Waals surface area contributed by atoms with Crippen LogP contribution in [0.3, 0.4) is 0 Å². The zero-order valence-electron chi connectivity index (χ0n) is 28.1. The van der Waals surface area contributed by atoms with E-state index in [4.69, 9.17) is 0 Å². The van der Waals surface area contributed by atoms with Crippen LogP contribution in [-0.2, 0) is 18.6 Å². The van der Waals surface area contributed by atoms with Crippen molar-refractivity contribution in [3.05, 3.63) is 150 Å². The second kappa shape index (κ2) is 11.0. The van der Waals surface area contributed by atoms with E-state index in [0.29, 0.717) is 5.69 Å². The van der Waals surface area contributed by atoms with E-state index in [1.54, 1.807) is 0 Å². The molecule has 7 aromatic rings. The van der Waals surface area contributed by atoms with Crippen LogP contribution in [0, 0.1) is 6.92 Å². The predicted molar refractivity (Wildman–Crippen MR) is 197 cm³/mol. The lowest BCUT2D eigenvalue weighted by molar-refractivity contribution is -0.137. The molecule has 0 fully saturated rings. The summed E-state index contributed by atoms with van der Waals surface area (Å²) in [6.45, 7) is 6.77. The maximum absolute atomic E-state index is 13.2. The zero-order valence-corrected chi connectivity index (χ0v) is 28.1. The number of aryl methyl sites for hydroxylation is 2. The summed E-state index contributed by atoms with van der Waals surface area (Å²) in [6, 6.07) is 42.3. The number of aromatic nitrogens is 1. The van der Waals surface area contributed by atoms with Crippen LogP contribution in [0.5, 0.6) is 0 Å². The van der Waals surface area contributed by atoms with Crippen LogP contribution < -0.4 is 9.80 Å². The number of halogens is 3. The second-order valence-electron chi connectivity index (χ2n) is 13.6. The van der Waals surface area contributed by atoms with E-state index in [9.17, 15) is 13.2 Å². The molecule has 0 radical (unpaired) electrons. The number of alkyl halides is 3. The summed E-state index contributed by atoms with van der Waals surface area (Å²) in [5.74, 6) is 0. The lowest BCUT2D eigenvalue weighted by Crippen LogP contribution is -2.15. The molecular weight excluding hydrogens is 615 g/mol. The first-order chi connectivity index (χ1) is 23.4. The highest BCUT2D eigenvalue weighted by atomic mass is 19.4. The topological polar surface area (TPSA) is 11.4 Å². The second-order valence-corrected chi connectivity index (χ2v) is 13.6. The lowest BCUT2D eigenvalue weighted by Gasteiger charge is -2.27. The van der Waals surface area contributed by atoms with Gasteiger partial charge in [-0.25, -0.2) is 0 Å². The van der Waals surface area contributed by atoms with Gasteiger partial charge in [-0.15, -0.1) is 0 Å². The van der Waals surface area contributed by atoms with Crippen LogP contribution in [0.2, 0.25) is 0 Å². The maximum atomic E-state index is 13.2. The minimum Gasteiger partial charge on any atom is -0.345 e. The molecule has 0 unspecified atom stereocenters. The summed E-state index contributed by atoms with van der Waals surface area (Å²) in [5, 5.41) is 2.25. The van der Waals surface area contributed by atoms with Gasteiger partial charge >= 0.3 is 6.18 Å². The fourth-order valence-corrected chi connectivity index (χ4v) is 7.59. The van der Waals surface area contributed by atoms with Gasteiger partial charge < -0.3 is 14.4 Å². The first kappa shape index (κ1) is 30.8. The van der Waals surface area contributed by atoms with Gasteiger partial charge in [0.1, 0.15) is 0 Å². The third kappa shape index (κ3) is 4.97. The number of para-hydroxylation sites is 1. The standard InChI is InChI=1S/C43H36F3N3/c1-27-11-21-38-36(23-27)37-24-32(18-22-39(37)42(38,2)3)49(30-9-7-6-8-10-30)33-17-20-35-34-19-16-31(25-40(34)48(5)41(35)26-33)47(4)29-14-12-28(13-15-29)43(44,45)46/h6-26H,1-5H3. The van der Waals surface area contributed by atoms with Crippen molar-refractivity contribution in [3.63, 3.8) is 0 Å². The normalized spacial score (nSPS) is 13.5. The third-order valence-electron chi connectivity index (χ3n) is 10.3. The van der Waals surface area contributed by atoms with Crippen molar-refractivity contribution in [1.29, 1.82) is 0 Å². The van der Waals surface area contributed by atoms with E-state index < -0.39 is 11.7 Å². The van der Waals surface area contributed by atoms with Crippen LogP contribution in [0.25, 0.3) is 32.9 Å². The molecule has 6 heteroatoms. The van der Waals surface area contributed by atoms with Crippen molar-refractivity contribution in [1.82, 2.24) is 4.57 Å². The molecule has 0 amide bonds. The van der Waals surface area contributed by atoms with Gasteiger partial charge in [-0.2, -0.15) is 13.2 Å². The largest absolute Gasteiger partial charge is 0.416 e. The van der Waals surface area contributed by atoms with Gasteiger partial charge in [0.05, 0.1) is 16.6 Å². The molecule has 0 spiro atoms. The van der Waals surface area contributed by atoms with Crippen molar-refractivity contribution in [3.8, 4) is 11.1 Å². The molecule has 0 bridgehead atoms. The lowest BCUT2D eigenvalue weighted by atomic mass is 9.82. The molecule has 1 aromatic heterocycles. The average Bonchev–Trinajstić information content (AvgIpc) is 3.50. The Hall–Kier alpha value is -5.49. The maximum Gasteiger partial charge on any atom is 0.416 e. The van der Waals surface area contributed by atoms with Crippen LogP contribution in [0.1, 0.15) is 36.1 Å². The first-order valence-corrected chi connectivity index (χ1v) is 16.5. The van der Waals surface area contributed by atoms with E-state index in [1.165, 1.54) is 39.9 Å². The number of fused-ring (bicyclic) bond motifs is 6. The highest BCUT2D eigenvalue weighted by molar-refractivity contribution is 6.10. The first-order valence-electron chi connectivity index (χ1n) is 16.5. The molecule has 1 aliphatic rings. The van der Waals surface area contributed by atoms with Crippen molar-refractivity contribution < 1.29 is 13.2 Å². The molecule has 8 rings (SSSR count). The third-order valence-corrected chi connectivity index (χ3v) is 10.3. The number of rotatable bonds is 5. The monoisotopic (exact) mass is 651 g/mol. The average molecular weight is 652 g/mol. The van der Waals surface area contributed by atoms with Crippen molar-refractivity contribution >= 4 is 50.2 Å². The fourth-order valence-electron chi connectivity index (χ4n) is 7.59. The van der Waals surface area contributed by atoms with Crippen LogP contribution in [0.15, 0.2) is 127 Å². The molecule has 1 aliphatic carbocycles. The number of nitrogens with zero attached hydrogens (tertiary/aromatic N) is 3. The van der Waals surface area contributed by atoms with Gasteiger partial charge in [0.15, 0.2) is 0 Å². The summed E-state index contributed by atoms with van der Waals surface area (Å²) < 4.78 is 41.7. The molecule has 0 aliphatic heterocycles. The Kier molecular flexibility index (Phi) is 6.93. The quantitative estimate of drug-likeness (QED) is 0.183. The Bertz CT molecular complexity index is 2390. The Morgan fingerprint density at radius 1 is 0.571 bits per heavy atom. The molecule has 0 N–H and O–H groups in total. The summed E-state index contributed by atoms with van der Waals surface area (Å²) >= 11 is 0. The highest BCUT2D eigenvalue weighted by Gasteiger charge is 2.36. The molecule has 49 heavy (non-hydrogen) atoms. The highest BCUT2D eigenvalue weighted by Crippen LogP contribution is 2.51. The van der Waals surface area contributed by atoms with Crippen molar-refractivity contribution in [2.24, 2.45) is 7.05 Å². The van der Waals surface area contributed by atoms with E-state index in [0.717, 1.165) is 56.7 Å². The Balaban J connectivity index is 1.23. The number of hydrogen-bond acceptors (Lipinski definition) is 2. The van der Waals surface area contributed by atoms with Gasteiger partial charge in [-0.05, 0) is 102 Å². The Labute approximate surface area is 284 Å². The summed E-state index contributed by atoms with van der Waals surface area (Å²) in [7, 11) is 3.94. The van der Waals surface area contributed by atoms with Crippen LogP contribution >= 0.6 is 0 Å². The fraction of sp³-hybridized carbons (Fsp3) is 0.163. The van der Waals surface area contributed by atoms with E-state index in [2.05, 4.69) is 128 Å². The van der Waals surface area contributed by atoms with E-state index >= 15 is 0 Å². The summed E-state index contributed by atoms with van der Waals surface area (Å²) in [5.41, 5.74) is 12.7. The van der Waals surface area contributed by atoms with Gasteiger partial charge in [-0.1, -0.05) is 74.0 Å². The van der Waals surface area contributed by atoms with Gasteiger partial charge in [0.2, 0.25) is 0 Å². The van der Waals surface area contributed by atoms with Crippen molar-refractivity contribution in [2.45, 2.75) is 32.4 Å². The number of anilines is 5. The van der Waals surface area contributed by atoms with Gasteiger partial charge in [0, 0.05) is 58.7 Å². The molecule has 0 saturated heterocycles. The molecule has 1 heterocycles. The zero-order chi connectivity index (χ0) is 34.2. The van der Waals surface area contributed by atoms with Crippen LogP contribution in [-0.4, -0.2) is 11.6 Å². The minimum absolute atomic E-state index is 0.0734. The minimum atomic E-state index is -4.36. The molecular formula is C43H36F3N3. The smallest absolute Gasteiger partial charge is 0.345 e. The Morgan fingerprint density at radius 2 is 1.10 bits per heavy atom. The predicted octanol–water partition coefficient (Wildman–Crippen LogP) is 12.2. The van der Waals surface area contributed by atoms with Crippen molar-refractivity contribution in [2.75, 3.05) is 16.8 Å². The molecule has 6 aromatic carbocycles. The van der Waals surface area contributed by atoms with E-state index in [1.807, 2.05) is 24.1 Å². The SMILES string of the molecule is Cc1ccc2c(c1)-c1cc(N(c3ccccc3)c3ccc4c5ccc(N(C)c6ccc(C(F)(F)F)cc6)cc5n(C)c4c3)ccc1C2(C)C. The molecule has 0 saturated carbocycles. The Morgan fingerprint density at radius 3 is 1.76 bits per heavy atom. The van der Waals surface area contributed by atoms with Gasteiger partial charge in [0.25, 0.3) is 0 Å². The number of benzene rings is 6. The van der Waals surface area contributed by atoms with Crippen LogP contribution in [0.4, 0.5) is 41.6 Å². The van der Waals surface area contributed by atoms with Gasteiger partial charge in [-0.3, -0.25) is 0 Å². The molecule has 3 nitrogen and oxygen atoms in total. The summed E-state index contributed by atoms with van der Waals surface area (Å²) in [6.07, 6.45) is -4.36. The van der Waals surface area contributed by atoms with E-state index in [-0.39, 0.29) is 5.41 Å². The summed E-state index contributed by atoms with van der Waals surface area (Å²) in [4.78, 5) is 4.23. The number of hydrogen-bond donors (Lipinski definition) is 0. The molecule has 244 valence electrons. The molecule has 0 atom stereocenters.